The second-order valence-corrected chi connectivity index (χ2v) is 5.13. The fourth-order valence-corrected chi connectivity index (χ4v) is 2.64. The molecule has 0 saturated carbocycles. The minimum atomic E-state index is -0.0980. The fraction of sp³-hybridized carbons (Fsp3) is 0.462. The first kappa shape index (κ1) is 12.4. The minimum absolute atomic E-state index is 0.0980. The zero-order valence-corrected chi connectivity index (χ0v) is 11.8. The van der Waals surface area contributed by atoms with Gasteiger partial charge in [0.1, 0.15) is 6.04 Å². The Morgan fingerprint density at radius 3 is 2.82 bits per heavy atom. The number of benzene rings is 1. The monoisotopic (exact) mass is 296 g/mol. The molecule has 1 aromatic carbocycles. The van der Waals surface area contributed by atoms with Gasteiger partial charge in [0.05, 0.1) is 0 Å². The summed E-state index contributed by atoms with van der Waals surface area (Å²) in [5.41, 5.74) is 2.29. The molecule has 17 heavy (non-hydrogen) atoms. The van der Waals surface area contributed by atoms with Crippen molar-refractivity contribution < 1.29 is 4.79 Å². The molecular weight excluding hydrogens is 280 g/mol. The highest BCUT2D eigenvalue weighted by molar-refractivity contribution is 9.10. The van der Waals surface area contributed by atoms with E-state index in [1.54, 1.807) is 0 Å². The number of nitrogens with zero attached hydrogens (tertiary/aromatic N) is 1. The van der Waals surface area contributed by atoms with Gasteiger partial charge in [-0.15, -0.1) is 0 Å². The molecule has 0 aliphatic carbocycles. The van der Waals surface area contributed by atoms with Crippen LogP contribution in [0.4, 0.5) is 5.69 Å². The number of nitrogens with one attached hydrogen (secondary N) is 1. The van der Waals surface area contributed by atoms with Gasteiger partial charge in [0.2, 0.25) is 5.91 Å². The minimum Gasteiger partial charge on any atom is -0.373 e. The molecule has 1 unspecified atom stereocenters. The number of carbonyl (C=O) groups excluding carboxylic acids is 1. The zero-order chi connectivity index (χ0) is 12.4. The predicted octanol–water partition coefficient (Wildman–Crippen LogP) is 2.65. The Morgan fingerprint density at radius 1 is 1.47 bits per heavy atom. The van der Waals surface area contributed by atoms with Gasteiger partial charge in [-0.05, 0) is 37.6 Å². The molecule has 1 aliphatic heterocycles. The molecule has 0 fully saturated rings. The van der Waals surface area contributed by atoms with Gasteiger partial charge in [-0.2, -0.15) is 0 Å². The second-order valence-electron chi connectivity index (χ2n) is 4.21. The lowest BCUT2D eigenvalue weighted by Crippen LogP contribution is -2.41. The molecule has 1 atom stereocenters. The van der Waals surface area contributed by atoms with Crippen molar-refractivity contribution in [3.05, 3.63) is 28.2 Å². The summed E-state index contributed by atoms with van der Waals surface area (Å²) < 4.78 is 1.06. The van der Waals surface area contributed by atoms with Gasteiger partial charge in [-0.25, -0.2) is 0 Å². The van der Waals surface area contributed by atoms with Gasteiger partial charge < -0.3 is 10.2 Å². The standard InChI is InChI=1S/C13H17BrN2O/c1-3-16(4-2)13(17)12-8-9-7-10(14)5-6-11(9)15-12/h5-7,12,15H,3-4,8H2,1-2H3. The molecule has 0 bridgehead atoms. The Kier molecular flexibility index (Phi) is 3.72. The largest absolute Gasteiger partial charge is 0.373 e. The van der Waals surface area contributed by atoms with Crippen molar-refractivity contribution in [3.8, 4) is 0 Å². The van der Waals surface area contributed by atoms with Crippen LogP contribution in [0.1, 0.15) is 19.4 Å². The Balaban J connectivity index is 2.12. The van der Waals surface area contributed by atoms with E-state index < -0.39 is 0 Å². The quantitative estimate of drug-likeness (QED) is 0.930. The molecular formula is C13H17BrN2O. The van der Waals surface area contributed by atoms with Gasteiger partial charge in [-0.1, -0.05) is 15.9 Å². The maximum absolute atomic E-state index is 12.2. The molecule has 1 aliphatic rings. The number of rotatable bonds is 3. The molecule has 1 aromatic rings. The van der Waals surface area contributed by atoms with Gasteiger partial charge >= 0.3 is 0 Å². The van der Waals surface area contributed by atoms with E-state index in [2.05, 4.69) is 27.3 Å². The van der Waals surface area contributed by atoms with Crippen LogP contribution in [-0.2, 0) is 11.2 Å². The summed E-state index contributed by atoms with van der Waals surface area (Å²) in [6, 6.07) is 6.00. The van der Waals surface area contributed by atoms with Crippen LogP contribution in [0.3, 0.4) is 0 Å². The average molecular weight is 297 g/mol. The number of hydrogen-bond donors (Lipinski definition) is 1. The van der Waals surface area contributed by atoms with Crippen LogP contribution in [-0.4, -0.2) is 29.9 Å². The van der Waals surface area contributed by atoms with Crippen molar-refractivity contribution in [2.75, 3.05) is 18.4 Å². The number of halogens is 1. The highest BCUT2D eigenvalue weighted by atomic mass is 79.9. The van der Waals surface area contributed by atoms with Crippen LogP contribution in [0.5, 0.6) is 0 Å². The molecule has 1 N–H and O–H groups in total. The molecule has 4 heteroatoms. The first-order valence-corrected chi connectivity index (χ1v) is 6.78. The van der Waals surface area contributed by atoms with Crippen molar-refractivity contribution in [1.82, 2.24) is 4.90 Å². The van der Waals surface area contributed by atoms with Crippen LogP contribution in [0.15, 0.2) is 22.7 Å². The van der Waals surface area contributed by atoms with Gasteiger partial charge in [0.25, 0.3) is 0 Å². The van der Waals surface area contributed by atoms with Crippen LogP contribution < -0.4 is 5.32 Å². The number of carbonyl (C=O) groups is 1. The number of fused-ring (bicyclic) bond motifs is 1. The third kappa shape index (κ3) is 2.46. The molecule has 1 heterocycles. The average Bonchev–Trinajstić information content (AvgIpc) is 2.73. The summed E-state index contributed by atoms with van der Waals surface area (Å²) in [6.45, 7) is 5.57. The Morgan fingerprint density at radius 2 is 2.18 bits per heavy atom. The van der Waals surface area contributed by atoms with Crippen molar-refractivity contribution >= 4 is 27.5 Å². The molecule has 2 rings (SSSR count). The van der Waals surface area contributed by atoms with E-state index in [-0.39, 0.29) is 11.9 Å². The number of anilines is 1. The van der Waals surface area contributed by atoms with E-state index in [0.717, 1.165) is 29.7 Å². The summed E-state index contributed by atoms with van der Waals surface area (Å²) in [4.78, 5) is 14.1. The summed E-state index contributed by atoms with van der Waals surface area (Å²) in [7, 11) is 0. The second kappa shape index (κ2) is 5.08. The van der Waals surface area contributed by atoms with E-state index in [1.165, 1.54) is 5.56 Å². The Labute approximate surface area is 110 Å². The summed E-state index contributed by atoms with van der Waals surface area (Å²) in [5, 5.41) is 3.30. The molecule has 0 aromatic heterocycles. The fourth-order valence-electron chi connectivity index (χ4n) is 2.24. The van der Waals surface area contributed by atoms with Gasteiger partial charge in [-0.3, -0.25) is 4.79 Å². The van der Waals surface area contributed by atoms with E-state index >= 15 is 0 Å². The van der Waals surface area contributed by atoms with E-state index in [0.29, 0.717) is 0 Å². The molecule has 0 radical (unpaired) electrons. The normalized spacial score (nSPS) is 17.5. The van der Waals surface area contributed by atoms with E-state index in [9.17, 15) is 4.79 Å². The van der Waals surface area contributed by atoms with E-state index in [1.807, 2.05) is 30.9 Å². The van der Waals surface area contributed by atoms with Crippen LogP contribution in [0.25, 0.3) is 0 Å². The van der Waals surface area contributed by atoms with Crippen LogP contribution in [0.2, 0.25) is 0 Å². The maximum Gasteiger partial charge on any atom is 0.245 e. The molecule has 3 nitrogen and oxygen atoms in total. The molecule has 0 saturated heterocycles. The van der Waals surface area contributed by atoms with Crippen molar-refractivity contribution in [1.29, 1.82) is 0 Å². The zero-order valence-electron chi connectivity index (χ0n) is 10.2. The summed E-state index contributed by atoms with van der Waals surface area (Å²) in [5.74, 6) is 0.197. The topological polar surface area (TPSA) is 32.3 Å². The molecule has 92 valence electrons. The smallest absolute Gasteiger partial charge is 0.245 e. The van der Waals surface area contributed by atoms with Crippen molar-refractivity contribution in [3.63, 3.8) is 0 Å². The SMILES string of the molecule is CCN(CC)C(=O)C1Cc2cc(Br)ccc2N1. The number of amides is 1. The lowest BCUT2D eigenvalue weighted by Gasteiger charge is -2.22. The highest BCUT2D eigenvalue weighted by Gasteiger charge is 2.29. The molecule has 0 spiro atoms. The number of hydrogen-bond acceptors (Lipinski definition) is 2. The Hall–Kier alpha value is -1.03. The van der Waals surface area contributed by atoms with Gasteiger partial charge in [0, 0.05) is 29.7 Å². The van der Waals surface area contributed by atoms with Gasteiger partial charge in [0.15, 0.2) is 0 Å². The highest BCUT2D eigenvalue weighted by Crippen LogP contribution is 2.29. The van der Waals surface area contributed by atoms with Crippen molar-refractivity contribution in [2.45, 2.75) is 26.3 Å². The third-order valence-corrected chi connectivity index (χ3v) is 3.69. The van der Waals surface area contributed by atoms with Crippen LogP contribution in [0, 0.1) is 0 Å². The van der Waals surface area contributed by atoms with Crippen molar-refractivity contribution in [2.24, 2.45) is 0 Å². The lowest BCUT2D eigenvalue weighted by atomic mass is 10.1. The predicted molar refractivity (Wildman–Crippen MR) is 73.2 cm³/mol. The van der Waals surface area contributed by atoms with Crippen LogP contribution >= 0.6 is 15.9 Å². The number of likely N-dealkylation sites (N-methyl/N-ethyl adjacent to an activating group) is 1. The third-order valence-electron chi connectivity index (χ3n) is 3.19. The maximum atomic E-state index is 12.2. The first-order valence-electron chi connectivity index (χ1n) is 5.99. The van der Waals surface area contributed by atoms with E-state index in [4.69, 9.17) is 0 Å². The lowest BCUT2D eigenvalue weighted by molar-refractivity contribution is -0.131. The molecule has 1 amide bonds. The summed E-state index contributed by atoms with van der Waals surface area (Å²) >= 11 is 3.45. The summed E-state index contributed by atoms with van der Waals surface area (Å²) in [6.07, 6.45) is 0.782. The Bertz CT molecular complexity index is 429. The first-order chi connectivity index (χ1) is 8.15.